The van der Waals surface area contributed by atoms with E-state index in [9.17, 15) is 19.5 Å². The number of hydrogen-bond acceptors (Lipinski definition) is 7. The number of rotatable bonds is 6. The number of hydrogen-bond donors (Lipinski definition) is 1. The van der Waals surface area contributed by atoms with Crippen molar-refractivity contribution in [2.75, 3.05) is 31.8 Å². The molecule has 4 aliphatic heterocycles. The van der Waals surface area contributed by atoms with Crippen LogP contribution >= 0.6 is 0 Å². The van der Waals surface area contributed by atoms with E-state index >= 15 is 0 Å². The van der Waals surface area contributed by atoms with Crippen LogP contribution < -0.4 is 9.64 Å². The topological polar surface area (TPSA) is 106 Å². The number of fused-ring (bicyclic) bond motifs is 2. The van der Waals surface area contributed by atoms with E-state index < -0.39 is 41.1 Å². The summed E-state index contributed by atoms with van der Waals surface area (Å²) in [5.74, 6) is -2.28. The Morgan fingerprint density at radius 1 is 1.08 bits per heavy atom. The van der Waals surface area contributed by atoms with Crippen LogP contribution in [0.2, 0.25) is 0 Å². The van der Waals surface area contributed by atoms with Crippen molar-refractivity contribution in [2.45, 2.75) is 56.9 Å². The molecule has 2 fully saturated rings. The second-order valence-corrected chi connectivity index (χ2v) is 11.1. The van der Waals surface area contributed by atoms with Crippen molar-refractivity contribution in [3.05, 3.63) is 48.6 Å². The maximum Gasteiger partial charge on any atom is 0.313 e. The second kappa shape index (κ2) is 9.85. The molecule has 0 saturated carbocycles. The van der Waals surface area contributed by atoms with Crippen LogP contribution in [0.25, 0.3) is 0 Å². The van der Waals surface area contributed by atoms with Gasteiger partial charge in [0.1, 0.15) is 23.3 Å². The van der Waals surface area contributed by atoms with Gasteiger partial charge in [0.15, 0.2) is 0 Å². The van der Waals surface area contributed by atoms with E-state index in [2.05, 4.69) is 0 Å². The SMILES string of the molecule is COc1ccc(N2CC=C[C@]34O[C@@]5(C)C=CCCOC(=O)[C@H]5[C@H]3C(=O)N([C@@H](CO)CC(C)C)C4C2=O)cc1. The molecular weight excluding hydrogens is 488 g/mol. The lowest BCUT2D eigenvalue weighted by atomic mass is 9.74. The quantitative estimate of drug-likeness (QED) is 0.450. The van der Waals surface area contributed by atoms with E-state index in [-0.39, 0.29) is 37.5 Å². The highest BCUT2D eigenvalue weighted by molar-refractivity contribution is 6.05. The van der Waals surface area contributed by atoms with Crippen molar-refractivity contribution in [3.63, 3.8) is 0 Å². The number of amides is 2. The summed E-state index contributed by atoms with van der Waals surface area (Å²) in [5, 5.41) is 10.4. The summed E-state index contributed by atoms with van der Waals surface area (Å²) >= 11 is 0. The van der Waals surface area contributed by atoms with Crippen LogP contribution in [0.5, 0.6) is 5.75 Å². The Morgan fingerprint density at radius 3 is 2.47 bits per heavy atom. The van der Waals surface area contributed by atoms with E-state index in [1.165, 1.54) is 4.90 Å². The summed E-state index contributed by atoms with van der Waals surface area (Å²) in [4.78, 5) is 45.3. The second-order valence-electron chi connectivity index (χ2n) is 11.1. The van der Waals surface area contributed by atoms with Crippen molar-refractivity contribution in [3.8, 4) is 5.75 Å². The first kappa shape index (κ1) is 26.4. The zero-order valence-corrected chi connectivity index (χ0v) is 22.3. The van der Waals surface area contributed by atoms with E-state index in [1.807, 2.05) is 32.1 Å². The van der Waals surface area contributed by atoms with Gasteiger partial charge in [0.25, 0.3) is 5.91 Å². The first-order chi connectivity index (χ1) is 18.2. The third-order valence-electron chi connectivity index (χ3n) is 8.19. The fourth-order valence-electron chi connectivity index (χ4n) is 6.63. The molecule has 1 N–H and O–H groups in total. The number of methoxy groups -OCH3 is 1. The van der Waals surface area contributed by atoms with E-state index in [0.717, 1.165) is 0 Å². The lowest BCUT2D eigenvalue weighted by Gasteiger charge is -2.40. The number of benzene rings is 1. The van der Waals surface area contributed by atoms with Crippen molar-refractivity contribution < 1.29 is 33.7 Å². The zero-order chi connectivity index (χ0) is 27.2. The highest BCUT2D eigenvalue weighted by Gasteiger charge is 2.75. The Labute approximate surface area is 223 Å². The zero-order valence-electron chi connectivity index (χ0n) is 22.3. The molecule has 0 aromatic heterocycles. The first-order valence-corrected chi connectivity index (χ1v) is 13.3. The predicted molar refractivity (Wildman–Crippen MR) is 139 cm³/mol. The van der Waals surface area contributed by atoms with Gasteiger partial charge >= 0.3 is 5.97 Å². The van der Waals surface area contributed by atoms with Crippen LogP contribution in [0.15, 0.2) is 48.6 Å². The minimum atomic E-state index is -1.40. The van der Waals surface area contributed by atoms with Crippen molar-refractivity contribution >= 4 is 23.5 Å². The number of aliphatic hydroxyl groups excluding tert-OH is 1. The van der Waals surface area contributed by atoms with Gasteiger partial charge in [-0.2, -0.15) is 0 Å². The van der Waals surface area contributed by atoms with Gasteiger partial charge in [0.2, 0.25) is 5.91 Å². The lowest BCUT2D eigenvalue weighted by Crippen LogP contribution is -2.59. The van der Waals surface area contributed by atoms with Gasteiger partial charge in [0.05, 0.1) is 37.9 Å². The molecule has 9 heteroatoms. The molecule has 2 saturated heterocycles. The molecule has 1 spiro atoms. The minimum absolute atomic E-state index is 0.158. The highest BCUT2D eigenvalue weighted by atomic mass is 16.6. The average Bonchev–Trinajstić information content (AvgIpc) is 3.21. The molecule has 1 unspecified atom stereocenters. The number of aliphatic hydroxyl groups is 1. The van der Waals surface area contributed by atoms with Crippen LogP contribution in [0.3, 0.4) is 0 Å². The molecule has 0 radical (unpaired) electrons. The van der Waals surface area contributed by atoms with Crippen LogP contribution in [0, 0.1) is 17.8 Å². The number of carbonyl (C=O) groups excluding carboxylic acids is 3. The molecule has 38 heavy (non-hydrogen) atoms. The van der Waals surface area contributed by atoms with Crippen LogP contribution in [-0.2, 0) is 23.9 Å². The van der Waals surface area contributed by atoms with Gasteiger partial charge in [-0.3, -0.25) is 14.4 Å². The number of cyclic esters (lactones) is 1. The fraction of sp³-hybridized carbons (Fsp3) is 0.552. The average molecular weight is 525 g/mol. The summed E-state index contributed by atoms with van der Waals surface area (Å²) in [6.07, 6.45) is 8.40. The molecule has 4 heterocycles. The third-order valence-corrected chi connectivity index (χ3v) is 8.19. The Kier molecular flexibility index (Phi) is 6.86. The standard InChI is InChI=1S/C29H36N2O7/c1-18(2)16-20(17-32)31-24-26(34)30(19-8-10-21(36-4)11-9-19)14-7-13-29(24)22(25(31)33)23-27(35)37-15-6-5-12-28(23,3)38-29/h5,7-13,18,20,22-24,32H,6,14-17H2,1-4H3/t20-,22+,23-,24?,28+,29+/m1/s1. The summed E-state index contributed by atoms with van der Waals surface area (Å²) in [6.45, 7) is 5.96. The molecule has 0 bridgehead atoms. The Morgan fingerprint density at radius 2 is 1.82 bits per heavy atom. The smallest absolute Gasteiger partial charge is 0.313 e. The summed E-state index contributed by atoms with van der Waals surface area (Å²) in [5.41, 5.74) is -1.88. The van der Waals surface area contributed by atoms with E-state index in [4.69, 9.17) is 14.2 Å². The van der Waals surface area contributed by atoms with Gasteiger partial charge in [-0.1, -0.05) is 38.2 Å². The Balaban J connectivity index is 1.66. The molecule has 5 rings (SSSR count). The number of nitrogens with zero attached hydrogens (tertiary/aromatic N) is 2. The monoisotopic (exact) mass is 524 g/mol. The predicted octanol–water partition coefficient (Wildman–Crippen LogP) is 2.48. The molecule has 1 aromatic rings. The summed E-state index contributed by atoms with van der Waals surface area (Å²) in [7, 11) is 1.58. The largest absolute Gasteiger partial charge is 0.497 e. The molecule has 6 atom stereocenters. The van der Waals surface area contributed by atoms with Crippen LogP contribution in [-0.4, -0.2) is 77.9 Å². The normalized spacial score (nSPS) is 33.3. The molecular formula is C29H36N2O7. The minimum Gasteiger partial charge on any atom is -0.497 e. The van der Waals surface area contributed by atoms with E-state index in [1.54, 1.807) is 49.3 Å². The molecule has 2 amide bonds. The fourth-order valence-corrected chi connectivity index (χ4v) is 6.63. The number of anilines is 1. The molecule has 9 nitrogen and oxygen atoms in total. The van der Waals surface area contributed by atoms with Crippen molar-refractivity contribution in [2.24, 2.45) is 17.8 Å². The Bertz CT molecular complexity index is 1160. The van der Waals surface area contributed by atoms with Crippen molar-refractivity contribution in [1.29, 1.82) is 0 Å². The van der Waals surface area contributed by atoms with Crippen molar-refractivity contribution in [1.82, 2.24) is 4.90 Å². The Hall–Kier alpha value is -3.17. The number of likely N-dealkylation sites (tertiary alicyclic amines) is 1. The molecule has 204 valence electrons. The van der Waals surface area contributed by atoms with Gasteiger partial charge < -0.3 is 29.1 Å². The summed E-state index contributed by atoms with van der Waals surface area (Å²) < 4.78 is 17.6. The van der Waals surface area contributed by atoms with Gasteiger partial charge in [0, 0.05) is 12.2 Å². The van der Waals surface area contributed by atoms with Gasteiger partial charge in [-0.05, 0) is 49.9 Å². The lowest BCUT2D eigenvalue weighted by molar-refractivity contribution is -0.160. The molecule has 4 aliphatic rings. The van der Waals surface area contributed by atoms with Crippen LogP contribution in [0.4, 0.5) is 5.69 Å². The maximum absolute atomic E-state index is 14.5. The van der Waals surface area contributed by atoms with Gasteiger partial charge in [-0.25, -0.2) is 0 Å². The highest BCUT2D eigenvalue weighted by Crippen LogP contribution is 2.57. The number of ether oxygens (including phenoxy) is 3. The maximum atomic E-state index is 14.5. The first-order valence-electron chi connectivity index (χ1n) is 13.3. The van der Waals surface area contributed by atoms with Crippen LogP contribution in [0.1, 0.15) is 33.6 Å². The van der Waals surface area contributed by atoms with E-state index in [0.29, 0.717) is 24.3 Å². The third kappa shape index (κ3) is 4.03. The molecule has 1 aromatic carbocycles. The van der Waals surface area contributed by atoms with Gasteiger partial charge in [-0.15, -0.1) is 0 Å². The summed E-state index contributed by atoms with van der Waals surface area (Å²) in [6, 6.07) is 5.46. The molecule has 0 aliphatic carbocycles. The number of esters is 1. The number of carbonyl (C=O) groups is 3.